The molecule has 0 spiro atoms. The predicted molar refractivity (Wildman–Crippen MR) is 86.6 cm³/mol. The molecule has 0 aliphatic heterocycles. The number of halogens is 1. The molecule has 2 aromatic rings. The molecular weight excluding hydrogens is 313 g/mol. The number of rotatable bonds is 5. The molecule has 1 heterocycles. The van der Waals surface area contributed by atoms with Gasteiger partial charge >= 0.3 is 5.97 Å². The van der Waals surface area contributed by atoms with Gasteiger partial charge in [-0.2, -0.15) is 5.10 Å². The van der Waals surface area contributed by atoms with E-state index in [1.807, 2.05) is 6.92 Å². The van der Waals surface area contributed by atoms with E-state index in [0.29, 0.717) is 11.4 Å². The van der Waals surface area contributed by atoms with Crippen molar-refractivity contribution in [3.05, 3.63) is 47.0 Å². The largest absolute Gasteiger partial charge is 0.480 e. The standard InChI is InChI=1S/C17H20FN3O3/c1-10-15(9-16(22)20(4)12(3)17(23)24)11(2)21(19-10)14-7-5-13(18)6-8-14/h5-8,12H,9H2,1-4H3,(H,23,24). The van der Waals surface area contributed by atoms with E-state index in [4.69, 9.17) is 5.11 Å². The fraction of sp³-hybridized carbons (Fsp3) is 0.353. The Balaban J connectivity index is 2.28. The van der Waals surface area contributed by atoms with Crippen LogP contribution in [0.25, 0.3) is 5.69 Å². The molecule has 0 radical (unpaired) electrons. The van der Waals surface area contributed by atoms with Crippen LogP contribution in [0.1, 0.15) is 23.9 Å². The fourth-order valence-corrected chi connectivity index (χ4v) is 2.42. The summed E-state index contributed by atoms with van der Waals surface area (Å²) in [5, 5.41) is 13.4. The topological polar surface area (TPSA) is 75.4 Å². The number of aliphatic carboxylic acids is 1. The molecule has 1 amide bonds. The molecule has 128 valence electrons. The Bertz CT molecular complexity index is 768. The number of nitrogens with zero attached hydrogens (tertiary/aromatic N) is 3. The van der Waals surface area contributed by atoms with E-state index in [2.05, 4.69) is 5.10 Å². The Morgan fingerprint density at radius 3 is 2.42 bits per heavy atom. The molecular formula is C17H20FN3O3. The van der Waals surface area contributed by atoms with E-state index in [-0.39, 0.29) is 18.1 Å². The Morgan fingerprint density at radius 2 is 1.88 bits per heavy atom. The Kier molecular flexibility index (Phi) is 5.02. The molecule has 7 heteroatoms. The van der Waals surface area contributed by atoms with E-state index in [0.717, 1.165) is 11.3 Å². The first-order valence-corrected chi connectivity index (χ1v) is 7.52. The van der Waals surface area contributed by atoms with Crippen LogP contribution in [0.2, 0.25) is 0 Å². The highest BCUT2D eigenvalue weighted by Crippen LogP contribution is 2.19. The number of benzene rings is 1. The molecule has 0 saturated heterocycles. The lowest BCUT2D eigenvalue weighted by molar-refractivity contribution is -0.148. The second-order valence-electron chi connectivity index (χ2n) is 5.73. The molecule has 1 aromatic heterocycles. The van der Waals surface area contributed by atoms with Crippen LogP contribution in [0, 0.1) is 19.7 Å². The van der Waals surface area contributed by atoms with Crippen molar-refractivity contribution in [2.45, 2.75) is 33.2 Å². The number of hydrogen-bond donors (Lipinski definition) is 1. The zero-order valence-corrected chi connectivity index (χ0v) is 14.1. The van der Waals surface area contributed by atoms with Gasteiger partial charge in [0.15, 0.2) is 0 Å². The van der Waals surface area contributed by atoms with Crippen LogP contribution in [0.3, 0.4) is 0 Å². The summed E-state index contributed by atoms with van der Waals surface area (Å²) in [5.74, 6) is -1.68. The lowest BCUT2D eigenvalue weighted by Gasteiger charge is -2.21. The number of aryl methyl sites for hydroxylation is 1. The molecule has 0 aliphatic rings. The number of carbonyl (C=O) groups is 2. The molecule has 1 aromatic carbocycles. The van der Waals surface area contributed by atoms with Gasteiger partial charge in [-0.05, 0) is 45.0 Å². The minimum atomic E-state index is -1.05. The van der Waals surface area contributed by atoms with Gasteiger partial charge in [-0.25, -0.2) is 13.9 Å². The van der Waals surface area contributed by atoms with Crippen molar-refractivity contribution in [1.82, 2.24) is 14.7 Å². The first-order chi connectivity index (χ1) is 11.2. The van der Waals surface area contributed by atoms with Crippen LogP contribution in [0.4, 0.5) is 4.39 Å². The third-order valence-electron chi connectivity index (χ3n) is 4.17. The lowest BCUT2D eigenvalue weighted by Crippen LogP contribution is -2.41. The summed E-state index contributed by atoms with van der Waals surface area (Å²) in [6, 6.07) is 5.01. The normalized spacial score (nSPS) is 12.0. The van der Waals surface area contributed by atoms with E-state index in [1.165, 1.54) is 31.0 Å². The van der Waals surface area contributed by atoms with Crippen LogP contribution in [-0.4, -0.2) is 44.8 Å². The molecule has 24 heavy (non-hydrogen) atoms. The van der Waals surface area contributed by atoms with Crippen LogP contribution in [0.15, 0.2) is 24.3 Å². The first kappa shape index (κ1) is 17.7. The van der Waals surface area contributed by atoms with Crippen LogP contribution >= 0.6 is 0 Å². The zero-order valence-electron chi connectivity index (χ0n) is 14.1. The van der Waals surface area contributed by atoms with Crippen molar-refractivity contribution in [1.29, 1.82) is 0 Å². The summed E-state index contributed by atoms with van der Waals surface area (Å²) < 4.78 is 14.7. The minimum Gasteiger partial charge on any atom is -0.480 e. The van der Waals surface area contributed by atoms with E-state index < -0.39 is 12.0 Å². The lowest BCUT2D eigenvalue weighted by atomic mass is 10.1. The van der Waals surface area contributed by atoms with E-state index >= 15 is 0 Å². The molecule has 1 atom stereocenters. The van der Waals surface area contributed by atoms with Crippen molar-refractivity contribution in [3.8, 4) is 5.69 Å². The number of likely N-dealkylation sites (N-methyl/N-ethyl adjacent to an activating group) is 1. The molecule has 0 saturated carbocycles. The highest BCUT2D eigenvalue weighted by Gasteiger charge is 2.24. The maximum Gasteiger partial charge on any atom is 0.326 e. The predicted octanol–water partition coefficient (Wildman–Crippen LogP) is 2.10. The van der Waals surface area contributed by atoms with Crippen LogP contribution in [-0.2, 0) is 16.0 Å². The van der Waals surface area contributed by atoms with Crippen molar-refractivity contribution in [2.24, 2.45) is 0 Å². The summed E-state index contributed by atoms with van der Waals surface area (Å²) in [7, 11) is 1.47. The van der Waals surface area contributed by atoms with Gasteiger partial charge in [-0.1, -0.05) is 0 Å². The molecule has 1 unspecified atom stereocenters. The summed E-state index contributed by atoms with van der Waals surface area (Å²) in [6.07, 6.45) is 0.0625. The monoisotopic (exact) mass is 333 g/mol. The molecule has 0 bridgehead atoms. The number of carbonyl (C=O) groups excluding carboxylic acids is 1. The molecule has 2 rings (SSSR count). The Morgan fingerprint density at radius 1 is 1.29 bits per heavy atom. The summed E-state index contributed by atoms with van der Waals surface area (Å²) in [5.41, 5.74) is 2.89. The summed E-state index contributed by atoms with van der Waals surface area (Å²) in [4.78, 5) is 24.5. The number of carboxylic acid groups (broad SMARTS) is 1. The maximum absolute atomic E-state index is 13.1. The van der Waals surface area contributed by atoms with Gasteiger partial charge < -0.3 is 10.0 Å². The van der Waals surface area contributed by atoms with Gasteiger partial charge in [0.05, 0.1) is 17.8 Å². The third kappa shape index (κ3) is 3.45. The SMILES string of the molecule is Cc1nn(-c2ccc(F)cc2)c(C)c1CC(=O)N(C)C(C)C(=O)O. The average Bonchev–Trinajstić information content (AvgIpc) is 2.82. The molecule has 1 N–H and O–H groups in total. The van der Waals surface area contributed by atoms with Gasteiger partial charge in [0.1, 0.15) is 11.9 Å². The van der Waals surface area contributed by atoms with Crippen molar-refractivity contribution in [2.75, 3.05) is 7.05 Å². The minimum absolute atomic E-state index is 0.0625. The first-order valence-electron chi connectivity index (χ1n) is 7.52. The molecule has 6 nitrogen and oxygen atoms in total. The van der Waals surface area contributed by atoms with Crippen molar-refractivity contribution < 1.29 is 19.1 Å². The van der Waals surface area contributed by atoms with Crippen molar-refractivity contribution in [3.63, 3.8) is 0 Å². The third-order valence-corrected chi connectivity index (χ3v) is 4.17. The van der Waals surface area contributed by atoms with Gasteiger partial charge in [0.2, 0.25) is 5.91 Å². The fourth-order valence-electron chi connectivity index (χ4n) is 2.42. The van der Waals surface area contributed by atoms with Gasteiger partial charge in [0.25, 0.3) is 0 Å². The Hall–Kier alpha value is -2.70. The Labute approximate surface area is 139 Å². The second kappa shape index (κ2) is 6.82. The maximum atomic E-state index is 13.1. The van der Waals surface area contributed by atoms with Crippen LogP contribution in [0.5, 0.6) is 0 Å². The highest BCUT2D eigenvalue weighted by molar-refractivity contribution is 5.84. The quantitative estimate of drug-likeness (QED) is 0.909. The molecule has 0 aliphatic carbocycles. The molecule has 0 fully saturated rings. The van der Waals surface area contributed by atoms with Crippen LogP contribution < -0.4 is 0 Å². The second-order valence-corrected chi connectivity index (χ2v) is 5.73. The number of hydrogen-bond acceptors (Lipinski definition) is 3. The van der Waals surface area contributed by atoms with Gasteiger partial charge in [0, 0.05) is 18.3 Å². The number of amides is 1. The highest BCUT2D eigenvalue weighted by atomic mass is 19.1. The average molecular weight is 333 g/mol. The number of carboxylic acids is 1. The van der Waals surface area contributed by atoms with Crippen molar-refractivity contribution >= 4 is 11.9 Å². The number of aromatic nitrogens is 2. The smallest absolute Gasteiger partial charge is 0.326 e. The summed E-state index contributed by atoms with van der Waals surface area (Å²) >= 11 is 0. The van der Waals surface area contributed by atoms with Gasteiger partial charge in [-0.15, -0.1) is 0 Å². The van der Waals surface area contributed by atoms with Gasteiger partial charge in [-0.3, -0.25) is 4.79 Å². The zero-order chi connectivity index (χ0) is 18.0. The van der Waals surface area contributed by atoms with E-state index in [1.54, 1.807) is 23.7 Å². The summed E-state index contributed by atoms with van der Waals surface area (Å²) in [6.45, 7) is 5.07. The van der Waals surface area contributed by atoms with E-state index in [9.17, 15) is 14.0 Å².